The first kappa shape index (κ1) is 12.3. The lowest BCUT2D eigenvalue weighted by atomic mass is 9.94. The molecule has 2 heterocycles. The number of pyridine rings is 1. The summed E-state index contributed by atoms with van der Waals surface area (Å²) in [5, 5.41) is 0. The van der Waals surface area contributed by atoms with Crippen molar-refractivity contribution < 1.29 is 4.74 Å². The first-order valence-electron chi connectivity index (χ1n) is 6.12. The van der Waals surface area contributed by atoms with Crippen LogP contribution < -0.4 is 10.6 Å². The normalized spacial score (nSPS) is 25.0. The van der Waals surface area contributed by atoms with Crippen LogP contribution >= 0.6 is 0 Å². The predicted octanol–water partition coefficient (Wildman–Crippen LogP) is 1.55. The molecule has 1 aliphatic heterocycles. The van der Waals surface area contributed by atoms with Crippen LogP contribution in [-0.2, 0) is 11.3 Å². The molecule has 1 atom stereocenters. The number of rotatable bonds is 3. The highest BCUT2D eigenvalue weighted by atomic mass is 16.5. The molecule has 1 fully saturated rings. The summed E-state index contributed by atoms with van der Waals surface area (Å²) in [6, 6.07) is 4.09. The lowest BCUT2D eigenvalue weighted by Crippen LogP contribution is -2.47. The molecule has 94 valence electrons. The second-order valence-electron chi connectivity index (χ2n) is 4.89. The Balaban J connectivity index is 2.10. The fraction of sp³-hybridized carbons (Fsp3) is 0.615. The van der Waals surface area contributed by atoms with Crippen molar-refractivity contribution in [2.45, 2.75) is 31.9 Å². The molecule has 0 amide bonds. The van der Waals surface area contributed by atoms with Gasteiger partial charge in [-0.2, -0.15) is 0 Å². The number of hydrogen-bond acceptors (Lipinski definition) is 4. The third-order valence-corrected chi connectivity index (χ3v) is 3.54. The minimum atomic E-state index is -0.0369. The number of ether oxygens (including phenoxy) is 1. The Hall–Kier alpha value is -1.13. The van der Waals surface area contributed by atoms with Crippen LogP contribution in [0.25, 0.3) is 0 Å². The van der Waals surface area contributed by atoms with Crippen LogP contribution in [0, 0.1) is 0 Å². The molecule has 1 aromatic rings. The molecule has 2 rings (SSSR count). The van der Waals surface area contributed by atoms with Gasteiger partial charge in [0.2, 0.25) is 0 Å². The quantitative estimate of drug-likeness (QED) is 0.863. The highest BCUT2D eigenvalue weighted by molar-refractivity contribution is 5.45. The van der Waals surface area contributed by atoms with Gasteiger partial charge in [-0.25, -0.2) is 0 Å². The van der Waals surface area contributed by atoms with Gasteiger partial charge in [0.1, 0.15) is 0 Å². The Morgan fingerprint density at radius 1 is 1.53 bits per heavy atom. The lowest BCUT2D eigenvalue weighted by molar-refractivity contribution is -0.00466. The third kappa shape index (κ3) is 2.76. The maximum Gasteiger partial charge on any atom is 0.0825 e. The molecular formula is C13H21N3O. The fourth-order valence-corrected chi connectivity index (χ4v) is 2.32. The van der Waals surface area contributed by atoms with E-state index in [-0.39, 0.29) is 5.60 Å². The Kier molecular flexibility index (Phi) is 3.64. The van der Waals surface area contributed by atoms with Gasteiger partial charge in [-0.15, -0.1) is 0 Å². The molecule has 0 saturated carbocycles. The Labute approximate surface area is 103 Å². The lowest BCUT2D eigenvalue weighted by Gasteiger charge is -2.40. The van der Waals surface area contributed by atoms with E-state index in [1.807, 2.05) is 12.3 Å². The molecule has 1 unspecified atom stereocenters. The van der Waals surface area contributed by atoms with Crippen molar-refractivity contribution in [1.82, 2.24) is 4.98 Å². The summed E-state index contributed by atoms with van der Waals surface area (Å²) >= 11 is 0. The Morgan fingerprint density at radius 2 is 2.35 bits per heavy atom. The van der Waals surface area contributed by atoms with Gasteiger partial charge >= 0.3 is 0 Å². The monoisotopic (exact) mass is 235 g/mol. The Morgan fingerprint density at radius 3 is 2.94 bits per heavy atom. The van der Waals surface area contributed by atoms with Crippen LogP contribution in [0.2, 0.25) is 0 Å². The molecule has 4 nitrogen and oxygen atoms in total. The molecule has 0 radical (unpaired) electrons. The summed E-state index contributed by atoms with van der Waals surface area (Å²) in [4.78, 5) is 6.67. The van der Waals surface area contributed by atoms with E-state index in [1.165, 1.54) is 0 Å². The predicted molar refractivity (Wildman–Crippen MR) is 69.0 cm³/mol. The second-order valence-corrected chi connectivity index (χ2v) is 4.89. The number of anilines is 1. The third-order valence-electron chi connectivity index (χ3n) is 3.54. The van der Waals surface area contributed by atoms with E-state index in [4.69, 9.17) is 10.5 Å². The SMILES string of the molecule is COC1(C)CCCN(c2ccc(CN)nc2)C1. The summed E-state index contributed by atoms with van der Waals surface area (Å²) in [6.45, 7) is 4.66. The highest BCUT2D eigenvalue weighted by Crippen LogP contribution is 2.27. The van der Waals surface area contributed by atoms with Gasteiger partial charge in [0.25, 0.3) is 0 Å². The Bertz CT molecular complexity index is 365. The molecular weight excluding hydrogens is 214 g/mol. The summed E-state index contributed by atoms with van der Waals surface area (Å²) in [5.74, 6) is 0. The van der Waals surface area contributed by atoms with Crippen molar-refractivity contribution in [2.75, 3.05) is 25.1 Å². The fourth-order valence-electron chi connectivity index (χ4n) is 2.32. The molecule has 17 heavy (non-hydrogen) atoms. The van der Waals surface area contributed by atoms with Crippen LogP contribution in [0.4, 0.5) is 5.69 Å². The standard InChI is InChI=1S/C13H21N3O/c1-13(17-2)6-3-7-16(10-13)12-5-4-11(8-14)15-9-12/h4-5,9H,3,6-8,10,14H2,1-2H3. The maximum absolute atomic E-state index is 5.59. The van der Waals surface area contributed by atoms with Gasteiger partial charge in [-0.05, 0) is 31.9 Å². The van der Waals surface area contributed by atoms with Gasteiger partial charge in [-0.1, -0.05) is 0 Å². The van der Waals surface area contributed by atoms with E-state index in [1.54, 1.807) is 7.11 Å². The minimum Gasteiger partial charge on any atom is -0.377 e. The van der Waals surface area contributed by atoms with E-state index >= 15 is 0 Å². The molecule has 0 spiro atoms. The molecule has 0 aromatic carbocycles. The van der Waals surface area contributed by atoms with Gasteiger partial charge in [0.15, 0.2) is 0 Å². The first-order valence-corrected chi connectivity index (χ1v) is 6.12. The van der Waals surface area contributed by atoms with Gasteiger partial charge in [0.05, 0.1) is 23.2 Å². The second kappa shape index (κ2) is 5.02. The van der Waals surface area contributed by atoms with E-state index in [2.05, 4.69) is 22.9 Å². The number of aromatic nitrogens is 1. The van der Waals surface area contributed by atoms with Gasteiger partial charge < -0.3 is 15.4 Å². The number of methoxy groups -OCH3 is 1. The highest BCUT2D eigenvalue weighted by Gasteiger charge is 2.30. The minimum absolute atomic E-state index is 0.0369. The van der Waals surface area contributed by atoms with Crippen molar-refractivity contribution in [3.8, 4) is 0 Å². The van der Waals surface area contributed by atoms with Crippen molar-refractivity contribution in [2.24, 2.45) is 5.73 Å². The average Bonchev–Trinajstić information content (AvgIpc) is 2.39. The van der Waals surface area contributed by atoms with Gasteiger partial charge in [0, 0.05) is 26.7 Å². The van der Waals surface area contributed by atoms with Crippen molar-refractivity contribution in [1.29, 1.82) is 0 Å². The number of nitrogens with two attached hydrogens (primary N) is 1. The van der Waals surface area contributed by atoms with Crippen LogP contribution in [0.15, 0.2) is 18.3 Å². The summed E-state index contributed by atoms with van der Waals surface area (Å²) in [5.41, 5.74) is 7.60. The first-order chi connectivity index (χ1) is 8.17. The number of hydrogen-bond donors (Lipinski definition) is 1. The molecule has 0 aliphatic carbocycles. The molecule has 2 N–H and O–H groups in total. The zero-order valence-corrected chi connectivity index (χ0v) is 10.6. The zero-order valence-electron chi connectivity index (χ0n) is 10.6. The summed E-state index contributed by atoms with van der Waals surface area (Å²) in [6.07, 6.45) is 4.18. The molecule has 1 saturated heterocycles. The van der Waals surface area contributed by atoms with Gasteiger partial charge in [-0.3, -0.25) is 4.98 Å². The summed E-state index contributed by atoms with van der Waals surface area (Å²) < 4.78 is 5.59. The van der Waals surface area contributed by atoms with E-state index in [0.717, 1.165) is 37.3 Å². The average molecular weight is 235 g/mol. The summed E-state index contributed by atoms with van der Waals surface area (Å²) in [7, 11) is 1.79. The van der Waals surface area contributed by atoms with E-state index < -0.39 is 0 Å². The molecule has 1 aromatic heterocycles. The zero-order chi connectivity index (χ0) is 12.3. The van der Waals surface area contributed by atoms with E-state index in [9.17, 15) is 0 Å². The molecule has 4 heteroatoms. The van der Waals surface area contributed by atoms with Crippen LogP contribution in [0.3, 0.4) is 0 Å². The maximum atomic E-state index is 5.59. The largest absolute Gasteiger partial charge is 0.377 e. The van der Waals surface area contributed by atoms with Crippen LogP contribution in [-0.4, -0.2) is 30.8 Å². The molecule has 1 aliphatic rings. The van der Waals surface area contributed by atoms with Crippen molar-refractivity contribution >= 4 is 5.69 Å². The smallest absolute Gasteiger partial charge is 0.0825 e. The topological polar surface area (TPSA) is 51.4 Å². The number of nitrogens with zero attached hydrogens (tertiary/aromatic N) is 2. The van der Waals surface area contributed by atoms with Crippen LogP contribution in [0.5, 0.6) is 0 Å². The van der Waals surface area contributed by atoms with Crippen molar-refractivity contribution in [3.05, 3.63) is 24.0 Å². The number of piperidine rings is 1. The van der Waals surface area contributed by atoms with Crippen LogP contribution in [0.1, 0.15) is 25.5 Å². The van der Waals surface area contributed by atoms with Crippen molar-refractivity contribution in [3.63, 3.8) is 0 Å². The molecule has 0 bridgehead atoms. The van der Waals surface area contributed by atoms with E-state index in [0.29, 0.717) is 6.54 Å².